The van der Waals surface area contributed by atoms with E-state index in [2.05, 4.69) is 0 Å². The van der Waals surface area contributed by atoms with Crippen molar-refractivity contribution in [3.05, 3.63) is 36.4 Å². The van der Waals surface area contributed by atoms with Gasteiger partial charge in [-0.2, -0.15) is 0 Å². The maximum absolute atomic E-state index is 11.2. The summed E-state index contributed by atoms with van der Waals surface area (Å²) in [6.45, 7) is -2.46. The quantitative estimate of drug-likeness (QED) is 0.0668. The Balaban J connectivity index is 0.00000580. The number of phenolic OH excluding ortho intramolecular Hbond substituents is 3. The van der Waals surface area contributed by atoms with Crippen LogP contribution in [-0.2, 0) is 18.9 Å². The lowest BCUT2D eigenvalue weighted by Gasteiger charge is -2.45. The highest BCUT2D eigenvalue weighted by molar-refractivity contribution is 5.89. The molecule has 0 bridgehead atoms. The molecule has 0 saturated carbocycles. The fourth-order valence-electron chi connectivity index (χ4n) is 6.27. The molecule has 2 aromatic carbocycles. The zero-order valence-corrected chi connectivity index (χ0v) is 29.0. The van der Waals surface area contributed by atoms with Gasteiger partial charge in [0.25, 0.3) is 0 Å². The molecular weight excluding hydrogens is 768 g/mol. The van der Waals surface area contributed by atoms with Gasteiger partial charge in [0.2, 0.25) is 18.3 Å². The van der Waals surface area contributed by atoms with Crippen LogP contribution < -0.4 is 21.9 Å². The van der Waals surface area contributed by atoms with Crippen LogP contribution >= 0.6 is 0 Å². The number of hydrogen-bond acceptors (Lipinski definition) is 20. The van der Waals surface area contributed by atoms with Crippen LogP contribution in [0.2, 0.25) is 0 Å². The molecule has 0 amide bonds. The Labute approximate surface area is 315 Å². The second-order valence-corrected chi connectivity index (χ2v) is 12.9. The van der Waals surface area contributed by atoms with Gasteiger partial charge in [-0.25, -0.2) is 4.42 Å². The number of aliphatic hydroxyl groups is 11. The van der Waals surface area contributed by atoms with Crippen molar-refractivity contribution in [2.45, 2.75) is 92.1 Å². The summed E-state index contributed by atoms with van der Waals surface area (Å²) in [6, 6.07) is 6.87. The van der Waals surface area contributed by atoms with Crippen molar-refractivity contribution in [1.29, 1.82) is 0 Å². The Hall–Kier alpha value is -3.46. The third kappa shape index (κ3) is 8.33. The van der Waals surface area contributed by atoms with Crippen LogP contribution in [0.5, 0.6) is 28.7 Å². The van der Waals surface area contributed by atoms with Gasteiger partial charge in [0, 0.05) is 18.2 Å². The minimum atomic E-state index is -1.97. The fourth-order valence-corrected chi connectivity index (χ4v) is 6.27. The number of ether oxygens (including phenoxy) is 6. The van der Waals surface area contributed by atoms with Crippen LogP contribution in [-0.4, -0.2) is 183 Å². The van der Waals surface area contributed by atoms with Gasteiger partial charge in [-0.15, -0.1) is 0 Å². The number of halogens is 1. The highest BCUT2D eigenvalue weighted by Crippen LogP contribution is 2.43. The van der Waals surface area contributed by atoms with E-state index in [1.807, 2.05) is 0 Å². The summed E-state index contributed by atoms with van der Waals surface area (Å²) in [7, 11) is 0. The Morgan fingerprint density at radius 3 is 1.65 bits per heavy atom. The summed E-state index contributed by atoms with van der Waals surface area (Å²) < 4.78 is 40.4. The van der Waals surface area contributed by atoms with Gasteiger partial charge < -0.3 is 112 Å². The van der Waals surface area contributed by atoms with Gasteiger partial charge in [0.1, 0.15) is 84.0 Å². The van der Waals surface area contributed by atoms with Gasteiger partial charge >= 0.3 is 11.3 Å². The minimum absolute atomic E-state index is 0. The average molecular weight is 809 g/mol. The minimum Gasteiger partial charge on any atom is -1.00 e. The van der Waals surface area contributed by atoms with E-state index < -0.39 is 129 Å². The SMILES string of the molecule is OC[C@H]1O[C@@H](Oc2cc(O)cc3[o+]c(-c4ccc(O)c(O)c4)c(O[C@@H]4O[C@H](CO)[C@@H](O)[C@H](O)[C@H]4O[C@@H]4O[C@H](CO)[C@@H](O)[C@H](O)[C@H]4O)cc23)[C@H](O)[C@@H](O)[C@@H]1O.[Cl-]. The molecule has 3 fully saturated rings. The molecule has 6 rings (SSSR count). The first-order chi connectivity index (χ1) is 25.7. The van der Waals surface area contributed by atoms with Gasteiger partial charge in [-0.3, -0.25) is 0 Å². The molecule has 306 valence electrons. The molecule has 3 aliphatic heterocycles. The van der Waals surface area contributed by atoms with Crippen molar-refractivity contribution in [3.63, 3.8) is 0 Å². The monoisotopic (exact) mass is 808 g/mol. The molecule has 14 N–H and O–H groups in total. The van der Waals surface area contributed by atoms with Crippen molar-refractivity contribution in [2.75, 3.05) is 19.8 Å². The van der Waals surface area contributed by atoms with Crippen LogP contribution in [0.4, 0.5) is 0 Å². The lowest BCUT2D eigenvalue weighted by atomic mass is 9.97. The summed E-state index contributed by atoms with van der Waals surface area (Å²) in [6.07, 6.45) is -26.5. The third-order valence-corrected chi connectivity index (χ3v) is 9.34. The van der Waals surface area contributed by atoms with Crippen molar-refractivity contribution in [1.82, 2.24) is 0 Å². The standard InChI is InChI=1S/C33H40O21.ClH/c34-7-18-21(40)24(43)27(46)31(51-18)49-16-5-11(37)4-15-12(16)6-17(29(48-15)10-1-2-13(38)14(39)3-10)50-33-30(26(45)23(42)20(9-36)53-33)54-32-28(47)25(44)22(41)19(8-35)52-32;/h1-6,18-28,30-36,40-47H,7-9H2,(H2-,37,38,39);1H/t18-,19-,20-,21-,22-,23-,24+,25+,26+,27-,28-,30-,31-,32+,33-;/m1./s1. The molecule has 0 unspecified atom stereocenters. The molecule has 0 radical (unpaired) electrons. The second-order valence-electron chi connectivity index (χ2n) is 12.9. The van der Waals surface area contributed by atoms with E-state index in [1.165, 1.54) is 12.1 Å². The molecule has 3 saturated heterocycles. The number of rotatable bonds is 10. The molecule has 3 aromatic rings. The van der Waals surface area contributed by atoms with E-state index in [4.69, 9.17) is 32.8 Å². The van der Waals surface area contributed by atoms with E-state index >= 15 is 0 Å². The molecule has 0 spiro atoms. The molecular formula is C33H41ClO21. The van der Waals surface area contributed by atoms with Gasteiger partial charge in [0.05, 0.1) is 31.5 Å². The average Bonchev–Trinajstić information content (AvgIpc) is 3.15. The van der Waals surface area contributed by atoms with Crippen molar-refractivity contribution < 1.29 is 117 Å². The van der Waals surface area contributed by atoms with E-state index in [1.54, 1.807) is 0 Å². The first-order valence-corrected chi connectivity index (χ1v) is 16.6. The van der Waals surface area contributed by atoms with Gasteiger partial charge in [-0.05, 0) is 12.1 Å². The molecule has 4 heterocycles. The number of hydrogen-bond donors (Lipinski definition) is 14. The summed E-state index contributed by atoms with van der Waals surface area (Å²) in [5.41, 5.74) is -0.115. The highest BCUT2D eigenvalue weighted by atomic mass is 35.5. The normalized spacial score (nSPS) is 36.6. The Morgan fingerprint density at radius 1 is 0.545 bits per heavy atom. The zero-order valence-electron chi connectivity index (χ0n) is 28.2. The smallest absolute Gasteiger partial charge is 0.402 e. The van der Waals surface area contributed by atoms with E-state index in [0.29, 0.717) is 0 Å². The number of phenols is 3. The zero-order chi connectivity index (χ0) is 39.2. The van der Waals surface area contributed by atoms with Crippen molar-refractivity contribution >= 4 is 11.0 Å². The molecule has 55 heavy (non-hydrogen) atoms. The molecule has 21 nitrogen and oxygen atoms in total. The second kappa shape index (κ2) is 17.4. The Kier molecular flexibility index (Phi) is 13.5. The maximum atomic E-state index is 11.2. The molecule has 0 aliphatic carbocycles. The summed E-state index contributed by atoms with van der Waals surface area (Å²) in [5, 5.41) is 144. The molecule has 15 atom stereocenters. The number of aromatic hydroxyl groups is 3. The predicted molar refractivity (Wildman–Crippen MR) is 172 cm³/mol. The van der Waals surface area contributed by atoms with Crippen LogP contribution in [0.25, 0.3) is 22.3 Å². The van der Waals surface area contributed by atoms with Crippen LogP contribution in [0, 0.1) is 0 Å². The maximum Gasteiger partial charge on any atom is 0.402 e. The summed E-state index contributed by atoms with van der Waals surface area (Å²) >= 11 is 0. The lowest BCUT2D eigenvalue weighted by molar-refractivity contribution is -0.357. The lowest BCUT2D eigenvalue weighted by Crippen LogP contribution is -3.00. The largest absolute Gasteiger partial charge is 1.00 e. The fraction of sp³-hybridized carbons (Fsp3) is 0.545. The first-order valence-electron chi connectivity index (χ1n) is 16.6. The van der Waals surface area contributed by atoms with E-state index in [-0.39, 0.29) is 46.2 Å². The Bertz CT molecular complexity index is 1760. The number of aliphatic hydroxyl groups excluding tert-OH is 11. The first kappa shape index (κ1) is 42.7. The molecule has 1 aromatic heterocycles. The molecule has 3 aliphatic rings. The number of benzene rings is 2. The third-order valence-electron chi connectivity index (χ3n) is 9.34. The Morgan fingerprint density at radius 2 is 1.07 bits per heavy atom. The predicted octanol–water partition coefficient (Wildman–Crippen LogP) is -7.32. The van der Waals surface area contributed by atoms with Crippen molar-refractivity contribution in [2.24, 2.45) is 0 Å². The van der Waals surface area contributed by atoms with Crippen LogP contribution in [0.15, 0.2) is 40.8 Å². The van der Waals surface area contributed by atoms with Crippen molar-refractivity contribution in [3.8, 4) is 40.1 Å². The molecule has 22 heteroatoms. The van der Waals surface area contributed by atoms with Gasteiger partial charge in [0.15, 0.2) is 23.9 Å². The van der Waals surface area contributed by atoms with Gasteiger partial charge in [-0.1, -0.05) is 0 Å². The van der Waals surface area contributed by atoms with Crippen LogP contribution in [0.1, 0.15) is 0 Å². The topological polar surface area (TPSA) is 350 Å². The highest BCUT2D eigenvalue weighted by Gasteiger charge is 2.52. The summed E-state index contributed by atoms with van der Waals surface area (Å²) in [5.74, 6) is -2.45. The number of fused-ring (bicyclic) bond motifs is 1. The summed E-state index contributed by atoms with van der Waals surface area (Å²) in [4.78, 5) is 0. The van der Waals surface area contributed by atoms with E-state index in [0.717, 1.165) is 24.3 Å². The van der Waals surface area contributed by atoms with E-state index in [9.17, 15) is 71.5 Å². The van der Waals surface area contributed by atoms with Crippen LogP contribution in [0.3, 0.4) is 0 Å².